The van der Waals surface area contributed by atoms with Crippen molar-refractivity contribution in [2.24, 2.45) is 0 Å². The van der Waals surface area contributed by atoms with Crippen LogP contribution < -0.4 is 10.2 Å². The Morgan fingerprint density at radius 3 is 2.84 bits per heavy atom. The lowest BCUT2D eigenvalue weighted by molar-refractivity contribution is 0.122. The summed E-state index contributed by atoms with van der Waals surface area (Å²) in [5, 5.41) is 13.7. The van der Waals surface area contributed by atoms with Gasteiger partial charge in [-0.15, -0.1) is 0 Å². The van der Waals surface area contributed by atoms with Crippen LogP contribution >= 0.6 is 0 Å². The third kappa shape index (κ3) is 4.24. The maximum absolute atomic E-state index is 9.31. The van der Waals surface area contributed by atoms with E-state index in [9.17, 15) is 5.26 Å². The second kappa shape index (κ2) is 9.04. The first-order valence-electron chi connectivity index (χ1n) is 10.7. The Bertz CT molecular complexity index is 1260. The summed E-state index contributed by atoms with van der Waals surface area (Å²) in [6.45, 7) is 3.57. The van der Waals surface area contributed by atoms with Crippen molar-refractivity contribution in [2.75, 3.05) is 43.1 Å². The standard InChI is InChI=1S/C24H23N7O/c25-15-18-13-20-19(4-1-5-21(20)28-18)22-14-23(27-8-6-17-3-2-7-26-16-17)30-24(29-22)31-9-11-32-12-10-31/h1-5,7,13-14,16,28H,6,8-12H2,(H,27,29,30). The normalized spacial score (nSPS) is 13.8. The number of aromatic nitrogens is 4. The van der Waals surface area contributed by atoms with E-state index in [2.05, 4.69) is 32.3 Å². The summed E-state index contributed by atoms with van der Waals surface area (Å²) < 4.78 is 5.50. The van der Waals surface area contributed by atoms with E-state index in [1.54, 1.807) is 6.20 Å². The fourth-order valence-corrected chi connectivity index (χ4v) is 3.89. The molecule has 8 nitrogen and oxygen atoms in total. The predicted molar refractivity (Wildman–Crippen MR) is 124 cm³/mol. The molecule has 2 N–H and O–H groups in total. The van der Waals surface area contributed by atoms with Crippen LogP contribution in [0.3, 0.4) is 0 Å². The summed E-state index contributed by atoms with van der Waals surface area (Å²) in [6, 6.07) is 16.0. The van der Waals surface area contributed by atoms with Gasteiger partial charge < -0.3 is 19.9 Å². The minimum atomic E-state index is 0.532. The summed E-state index contributed by atoms with van der Waals surface area (Å²) >= 11 is 0. The smallest absolute Gasteiger partial charge is 0.228 e. The molecule has 4 aromatic rings. The van der Waals surface area contributed by atoms with Crippen LogP contribution in [0.15, 0.2) is 54.9 Å². The summed E-state index contributed by atoms with van der Waals surface area (Å²) in [4.78, 5) is 19.2. The molecular weight excluding hydrogens is 402 g/mol. The Morgan fingerprint density at radius 1 is 1.12 bits per heavy atom. The number of benzene rings is 1. The van der Waals surface area contributed by atoms with E-state index in [0.29, 0.717) is 24.9 Å². The van der Waals surface area contributed by atoms with Crippen LogP contribution in [0.1, 0.15) is 11.3 Å². The number of anilines is 2. The number of aromatic amines is 1. The summed E-state index contributed by atoms with van der Waals surface area (Å²) in [5.41, 5.74) is 4.40. The third-order valence-electron chi connectivity index (χ3n) is 5.51. The van der Waals surface area contributed by atoms with Gasteiger partial charge in [0.2, 0.25) is 5.95 Å². The first-order chi connectivity index (χ1) is 15.8. The van der Waals surface area contributed by atoms with Crippen LogP contribution in [-0.4, -0.2) is 52.8 Å². The van der Waals surface area contributed by atoms with E-state index in [4.69, 9.17) is 14.7 Å². The lowest BCUT2D eigenvalue weighted by atomic mass is 10.1. The molecule has 0 radical (unpaired) electrons. The predicted octanol–water partition coefficient (Wildman–Crippen LogP) is 3.38. The molecule has 1 aromatic carbocycles. The second-order valence-corrected chi connectivity index (χ2v) is 7.64. The molecule has 0 saturated carbocycles. The fraction of sp³-hybridized carbons (Fsp3) is 0.250. The number of hydrogen-bond acceptors (Lipinski definition) is 7. The van der Waals surface area contributed by atoms with Gasteiger partial charge in [0.1, 0.15) is 17.6 Å². The zero-order chi connectivity index (χ0) is 21.8. The van der Waals surface area contributed by atoms with Crippen molar-refractivity contribution >= 4 is 22.7 Å². The van der Waals surface area contributed by atoms with Gasteiger partial charge in [-0.3, -0.25) is 4.98 Å². The maximum Gasteiger partial charge on any atom is 0.228 e. The van der Waals surface area contributed by atoms with Crippen molar-refractivity contribution in [3.8, 4) is 17.3 Å². The number of nitriles is 1. The Labute approximate surface area is 185 Å². The van der Waals surface area contributed by atoms with E-state index in [-0.39, 0.29) is 0 Å². The highest BCUT2D eigenvalue weighted by molar-refractivity contribution is 5.95. The molecule has 0 spiro atoms. The Hall–Kier alpha value is -3.96. The molecule has 1 saturated heterocycles. The molecule has 1 aliphatic rings. The SMILES string of the molecule is N#Cc1cc2c(-c3cc(NCCc4cccnc4)nc(N4CCOCC4)n3)cccc2[nH]1. The minimum absolute atomic E-state index is 0.532. The quantitative estimate of drug-likeness (QED) is 0.488. The van der Waals surface area contributed by atoms with Gasteiger partial charge >= 0.3 is 0 Å². The molecule has 8 heteroatoms. The van der Waals surface area contributed by atoms with Crippen LogP contribution in [-0.2, 0) is 11.2 Å². The molecule has 4 heterocycles. The van der Waals surface area contributed by atoms with Gasteiger partial charge in [0, 0.05) is 54.6 Å². The number of nitrogens with one attached hydrogen (secondary N) is 2. The molecule has 1 aliphatic heterocycles. The molecule has 0 aliphatic carbocycles. The van der Waals surface area contributed by atoms with E-state index in [1.165, 1.54) is 5.56 Å². The second-order valence-electron chi connectivity index (χ2n) is 7.64. The van der Waals surface area contributed by atoms with Gasteiger partial charge in [-0.1, -0.05) is 18.2 Å². The molecule has 32 heavy (non-hydrogen) atoms. The first-order valence-corrected chi connectivity index (χ1v) is 10.7. The number of rotatable bonds is 6. The molecule has 3 aromatic heterocycles. The largest absolute Gasteiger partial charge is 0.378 e. The number of pyridine rings is 1. The van der Waals surface area contributed by atoms with Crippen molar-refractivity contribution in [1.29, 1.82) is 5.26 Å². The van der Waals surface area contributed by atoms with Gasteiger partial charge in [0.15, 0.2) is 0 Å². The average Bonchev–Trinajstić information content (AvgIpc) is 3.29. The van der Waals surface area contributed by atoms with Crippen molar-refractivity contribution in [2.45, 2.75) is 6.42 Å². The first kappa shape index (κ1) is 20.0. The van der Waals surface area contributed by atoms with Gasteiger partial charge in [-0.2, -0.15) is 10.2 Å². The third-order valence-corrected chi connectivity index (χ3v) is 5.51. The van der Waals surface area contributed by atoms with Gasteiger partial charge in [-0.25, -0.2) is 4.98 Å². The molecule has 0 unspecified atom stereocenters. The van der Waals surface area contributed by atoms with Crippen molar-refractivity contribution < 1.29 is 4.74 Å². The Morgan fingerprint density at radius 2 is 2.03 bits per heavy atom. The van der Waals surface area contributed by atoms with E-state index in [1.807, 2.05) is 42.6 Å². The van der Waals surface area contributed by atoms with Gasteiger partial charge in [0.25, 0.3) is 0 Å². The van der Waals surface area contributed by atoms with Crippen molar-refractivity contribution in [1.82, 2.24) is 19.9 Å². The van der Waals surface area contributed by atoms with Crippen molar-refractivity contribution in [3.05, 3.63) is 66.1 Å². The number of hydrogen-bond donors (Lipinski definition) is 2. The van der Waals surface area contributed by atoms with E-state index in [0.717, 1.165) is 54.0 Å². The minimum Gasteiger partial charge on any atom is -0.378 e. The van der Waals surface area contributed by atoms with Crippen LogP contribution in [0.2, 0.25) is 0 Å². The Kier molecular flexibility index (Phi) is 5.64. The zero-order valence-electron chi connectivity index (χ0n) is 17.6. The molecule has 0 amide bonds. The highest BCUT2D eigenvalue weighted by Crippen LogP contribution is 2.30. The molecule has 1 fully saturated rings. The lowest BCUT2D eigenvalue weighted by Crippen LogP contribution is -2.37. The summed E-state index contributed by atoms with van der Waals surface area (Å²) in [5.74, 6) is 1.45. The van der Waals surface area contributed by atoms with E-state index >= 15 is 0 Å². The highest BCUT2D eigenvalue weighted by atomic mass is 16.5. The number of H-pyrrole nitrogens is 1. The number of morpholine rings is 1. The Balaban J connectivity index is 1.49. The highest BCUT2D eigenvalue weighted by Gasteiger charge is 2.17. The van der Waals surface area contributed by atoms with E-state index < -0.39 is 0 Å². The molecular formula is C24H23N7O. The molecule has 0 atom stereocenters. The number of fused-ring (bicyclic) bond motifs is 1. The monoisotopic (exact) mass is 425 g/mol. The average molecular weight is 425 g/mol. The number of ether oxygens (including phenoxy) is 1. The summed E-state index contributed by atoms with van der Waals surface area (Å²) in [7, 11) is 0. The van der Waals surface area contributed by atoms with Crippen LogP contribution in [0.5, 0.6) is 0 Å². The van der Waals surface area contributed by atoms with Crippen LogP contribution in [0.25, 0.3) is 22.2 Å². The fourth-order valence-electron chi connectivity index (χ4n) is 3.89. The number of nitrogens with zero attached hydrogens (tertiary/aromatic N) is 5. The summed E-state index contributed by atoms with van der Waals surface area (Å²) in [6.07, 6.45) is 4.51. The maximum atomic E-state index is 9.31. The molecule has 5 rings (SSSR count). The van der Waals surface area contributed by atoms with Crippen molar-refractivity contribution in [3.63, 3.8) is 0 Å². The molecule has 160 valence electrons. The molecule has 0 bridgehead atoms. The lowest BCUT2D eigenvalue weighted by Gasteiger charge is -2.27. The van der Waals surface area contributed by atoms with Gasteiger partial charge in [-0.05, 0) is 30.2 Å². The van der Waals surface area contributed by atoms with Gasteiger partial charge in [0.05, 0.1) is 18.9 Å². The van der Waals surface area contributed by atoms with Crippen LogP contribution in [0, 0.1) is 11.3 Å². The topological polar surface area (TPSA) is 103 Å². The zero-order valence-corrected chi connectivity index (χ0v) is 17.6. The van der Waals surface area contributed by atoms with Crippen LogP contribution in [0.4, 0.5) is 11.8 Å².